The zero-order valence-corrected chi connectivity index (χ0v) is 16.9. The molecule has 1 aliphatic rings. The summed E-state index contributed by atoms with van der Waals surface area (Å²) >= 11 is 1.50. The molecule has 0 unspecified atom stereocenters. The second kappa shape index (κ2) is 7.93. The van der Waals surface area contributed by atoms with E-state index in [4.69, 9.17) is 4.42 Å². The Balaban J connectivity index is 1.60. The molecule has 0 atom stereocenters. The van der Waals surface area contributed by atoms with Crippen molar-refractivity contribution >= 4 is 32.7 Å². The normalized spacial score (nSPS) is 14.9. The lowest BCUT2D eigenvalue weighted by atomic mass is 10.2. The van der Waals surface area contributed by atoms with Crippen LogP contribution in [0.1, 0.15) is 18.5 Å². The molecule has 0 bridgehead atoms. The largest absolute Gasteiger partial charge is 0.443 e. The molecule has 1 N–H and O–H groups in total. The van der Waals surface area contributed by atoms with Crippen molar-refractivity contribution < 1.29 is 17.8 Å². The topological polar surface area (TPSA) is 119 Å². The van der Waals surface area contributed by atoms with Crippen molar-refractivity contribution in [3.63, 3.8) is 0 Å². The zero-order chi connectivity index (χ0) is 20.4. The van der Waals surface area contributed by atoms with E-state index in [1.54, 1.807) is 0 Å². The number of oxazole rings is 1. The predicted molar refractivity (Wildman–Crippen MR) is 108 cm³/mol. The first-order valence-corrected chi connectivity index (χ1v) is 11.3. The summed E-state index contributed by atoms with van der Waals surface area (Å²) < 4.78 is 32.9. The number of nitrogens with zero attached hydrogens (tertiary/aromatic N) is 3. The molecule has 152 valence electrons. The third-order valence-corrected chi connectivity index (χ3v) is 7.40. The van der Waals surface area contributed by atoms with Crippen LogP contribution in [0.3, 0.4) is 0 Å². The number of hydrogen-bond acceptors (Lipinski definition) is 8. The Morgan fingerprint density at radius 3 is 2.76 bits per heavy atom. The first-order valence-electron chi connectivity index (χ1n) is 8.96. The van der Waals surface area contributed by atoms with Gasteiger partial charge in [0.15, 0.2) is 0 Å². The minimum atomic E-state index is -3.84. The summed E-state index contributed by atoms with van der Waals surface area (Å²) in [5.74, 6) is 0.491. The number of nitrogens with one attached hydrogen (secondary N) is 1. The van der Waals surface area contributed by atoms with Crippen LogP contribution < -0.4 is 5.32 Å². The number of thiophene rings is 1. The molecule has 0 radical (unpaired) electrons. The summed E-state index contributed by atoms with van der Waals surface area (Å²) in [4.78, 5) is 15.8. The van der Waals surface area contributed by atoms with Crippen molar-refractivity contribution in [3.05, 3.63) is 57.8 Å². The second-order valence-corrected chi connectivity index (χ2v) is 9.38. The molecule has 4 rings (SSSR count). The second-order valence-electron chi connectivity index (χ2n) is 6.52. The van der Waals surface area contributed by atoms with Crippen molar-refractivity contribution in [2.75, 3.05) is 18.4 Å². The molecule has 3 heterocycles. The Labute approximate surface area is 171 Å². The SMILES string of the molecule is O=[N+]([O-])c1ccc(NCc2coc(-c3cccs3)n2)c(S(=O)(=O)N2CCCC2)c1. The van der Waals surface area contributed by atoms with E-state index >= 15 is 0 Å². The van der Waals surface area contributed by atoms with E-state index in [2.05, 4.69) is 10.3 Å². The first-order chi connectivity index (χ1) is 13.9. The highest BCUT2D eigenvalue weighted by molar-refractivity contribution is 7.89. The van der Waals surface area contributed by atoms with E-state index < -0.39 is 14.9 Å². The van der Waals surface area contributed by atoms with E-state index in [-0.39, 0.29) is 17.1 Å². The van der Waals surface area contributed by atoms with Gasteiger partial charge >= 0.3 is 0 Å². The van der Waals surface area contributed by atoms with Gasteiger partial charge in [-0.1, -0.05) is 6.07 Å². The van der Waals surface area contributed by atoms with Gasteiger partial charge in [0.2, 0.25) is 15.9 Å². The highest BCUT2D eigenvalue weighted by Gasteiger charge is 2.31. The van der Waals surface area contributed by atoms with Gasteiger partial charge in [0, 0.05) is 25.2 Å². The lowest BCUT2D eigenvalue weighted by molar-refractivity contribution is -0.385. The van der Waals surface area contributed by atoms with Crippen molar-refractivity contribution in [2.45, 2.75) is 24.3 Å². The van der Waals surface area contributed by atoms with E-state index in [0.717, 1.165) is 23.8 Å². The van der Waals surface area contributed by atoms with Crippen LogP contribution in [0.5, 0.6) is 0 Å². The highest BCUT2D eigenvalue weighted by Crippen LogP contribution is 2.31. The fourth-order valence-corrected chi connectivity index (χ4v) is 5.50. The van der Waals surface area contributed by atoms with Gasteiger partial charge in [-0.2, -0.15) is 4.31 Å². The van der Waals surface area contributed by atoms with Crippen LogP contribution in [0, 0.1) is 10.1 Å². The average molecular weight is 434 g/mol. The number of rotatable bonds is 7. The molecule has 0 spiro atoms. The van der Waals surface area contributed by atoms with E-state index in [9.17, 15) is 18.5 Å². The maximum absolute atomic E-state index is 13.0. The zero-order valence-electron chi connectivity index (χ0n) is 15.3. The molecular formula is C18H18N4O5S2. The molecule has 1 aromatic carbocycles. The average Bonchev–Trinajstić information content (AvgIpc) is 3.48. The molecule has 1 fully saturated rings. The minimum absolute atomic E-state index is 0.101. The first kappa shape index (κ1) is 19.6. The summed E-state index contributed by atoms with van der Waals surface area (Å²) in [5, 5.41) is 16.1. The van der Waals surface area contributed by atoms with Crippen LogP contribution in [-0.4, -0.2) is 35.7 Å². The van der Waals surface area contributed by atoms with Crippen LogP contribution in [0.4, 0.5) is 11.4 Å². The van der Waals surface area contributed by atoms with Crippen LogP contribution in [-0.2, 0) is 16.6 Å². The van der Waals surface area contributed by atoms with Crippen molar-refractivity contribution in [2.24, 2.45) is 0 Å². The number of sulfonamides is 1. The van der Waals surface area contributed by atoms with E-state index in [0.29, 0.717) is 30.4 Å². The Hall–Kier alpha value is -2.76. The molecule has 0 amide bonds. The van der Waals surface area contributed by atoms with Gasteiger partial charge in [-0.15, -0.1) is 11.3 Å². The van der Waals surface area contributed by atoms with Gasteiger partial charge in [0.1, 0.15) is 11.2 Å². The number of nitro benzene ring substituents is 1. The monoisotopic (exact) mass is 434 g/mol. The minimum Gasteiger partial charge on any atom is -0.443 e. The van der Waals surface area contributed by atoms with Crippen LogP contribution >= 0.6 is 11.3 Å². The van der Waals surface area contributed by atoms with Crippen LogP contribution in [0.2, 0.25) is 0 Å². The Bertz CT molecular complexity index is 1120. The smallest absolute Gasteiger partial charge is 0.270 e. The Kier molecular flexibility index (Phi) is 5.35. The summed E-state index contributed by atoms with van der Waals surface area (Å²) in [6.45, 7) is 1.05. The third-order valence-electron chi connectivity index (χ3n) is 4.60. The Morgan fingerprint density at radius 1 is 1.28 bits per heavy atom. The number of non-ortho nitro benzene ring substituents is 1. The molecule has 1 saturated heterocycles. The van der Waals surface area contributed by atoms with Crippen molar-refractivity contribution in [3.8, 4) is 10.8 Å². The number of anilines is 1. The van der Waals surface area contributed by atoms with E-state index in [1.165, 1.54) is 34.0 Å². The maximum Gasteiger partial charge on any atom is 0.270 e. The molecule has 2 aromatic heterocycles. The molecule has 11 heteroatoms. The maximum atomic E-state index is 13.0. The van der Waals surface area contributed by atoms with Crippen molar-refractivity contribution in [1.29, 1.82) is 0 Å². The number of benzene rings is 1. The van der Waals surface area contributed by atoms with Crippen LogP contribution in [0.15, 0.2) is 51.3 Å². The van der Waals surface area contributed by atoms with Gasteiger partial charge in [-0.3, -0.25) is 10.1 Å². The van der Waals surface area contributed by atoms with E-state index in [1.807, 2.05) is 17.5 Å². The quantitative estimate of drug-likeness (QED) is 0.445. The predicted octanol–water partition coefficient (Wildman–Crippen LogP) is 3.71. The molecule has 1 aliphatic heterocycles. The molecule has 9 nitrogen and oxygen atoms in total. The fourth-order valence-electron chi connectivity index (χ4n) is 3.14. The lowest BCUT2D eigenvalue weighted by Crippen LogP contribution is -2.28. The summed E-state index contributed by atoms with van der Waals surface area (Å²) in [6, 6.07) is 7.60. The van der Waals surface area contributed by atoms with Crippen molar-refractivity contribution in [1.82, 2.24) is 9.29 Å². The van der Waals surface area contributed by atoms with Gasteiger partial charge in [0.05, 0.1) is 27.7 Å². The molecule has 29 heavy (non-hydrogen) atoms. The molecule has 0 saturated carbocycles. The Morgan fingerprint density at radius 2 is 2.07 bits per heavy atom. The van der Waals surface area contributed by atoms with Gasteiger partial charge < -0.3 is 9.73 Å². The molecule has 0 aliphatic carbocycles. The summed E-state index contributed by atoms with van der Waals surface area (Å²) in [7, 11) is -3.84. The lowest BCUT2D eigenvalue weighted by Gasteiger charge is -2.18. The highest BCUT2D eigenvalue weighted by atomic mass is 32.2. The van der Waals surface area contributed by atoms with Gasteiger partial charge in [-0.05, 0) is 30.4 Å². The molecular weight excluding hydrogens is 416 g/mol. The van der Waals surface area contributed by atoms with Gasteiger partial charge in [-0.25, -0.2) is 13.4 Å². The molecule has 3 aromatic rings. The third kappa shape index (κ3) is 4.02. The number of hydrogen-bond donors (Lipinski definition) is 1. The van der Waals surface area contributed by atoms with Crippen LogP contribution in [0.25, 0.3) is 10.8 Å². The van der Waals surface area contributed by atoms with Gasteiger partial charge in [0.25, 0.3) is 5.69 Å². The summed E-state index contributed by atoms with van der Waals surface area (Å²) in [5.41, 5.74) is 0.620. The summed E-state index contributed by atoms with van der Waals surface area (Å²) in [6.07, 6.45) is 3.06. The standard InChI is InChI=1S/C18H18N4O5S2/c23-22(24)14-5-6-15(17(10-14)29(25,26)21-7-1-2-8-21)19-11-13-12-27-18(20-13)16-4-3-9-28-16/h3-6,9-10,12,19H,1-2,7-8,11H2. The number of nitro groups is 1. The fraction of sp³-hybridized carbons (Fsp3) is 0.278. The number of aromatic nitrogens is 1.